The van der Waals surface area contributed by atoms with Gasteiger partial charge < -0.3 is 5.32 Å². The summed E-state index contributed by atoms with van der Waals surface area (Å²) in [7, 11) is 1.92. The van der Waals surface area contributed by atoms with Crippen molar-refractivity contribution in [3.05, 3.63) is 51.2 Å². The van der Waals surface area contributed by atoms with Crippen molar-refractivity contribution >= 4 is 27.5 Å². The minimum absolute atomic E-state index is 0.166. The van der Waals surface area contributed by atoms with E-state index >= 15 is 0 Å². The molecule has 1 aromatic heterocycles. The zero-order valence-electron chi connectivity index (χ0n) is 11.0. The number of nitrogens with zero attached hydrogens (tertiary/aromatic N) is 2. The summed E-state index contributed by atoms with van der Waals surface area (Å²) in [6, 6.07) is 8.50. The van der Waals surface area contributed by atoms with E-state index in [9.17, 15) is 0 Å². The molecule has 0 aliphatic rings. The Morgan fingerprint density at radius 3 is 2.84 bits per heavy atom. The van der Waals surface area contributed by atoms with Gasteiger partial charge in [-0.2, -0.15) is 5.10 Å². The number of aryl methyl sites for hydroxylation is 1. The van der Waals surface area contributed by atoms with Crippen LogP contribution < -0.4 is 5.32 Å². The summed E-state index contributed by atoms with van der Waals surface area (Å²) >= 11 is 9.75. The Kier molecular flexibility index (Phi) is 5.02. The molecule has 1 atom stereocenters. The van der Waals surface area contributed by atoms with Gasteiger partial charge in [-0.25, -0.2) is 0 Å². The molecule has 102 valence electrons. The highest BCUT2D eigenvalue weighted by Gasteiger charge is 2.18. The van der Waals surface area contributed by atoms with Crippen LogP contribution in [0.3, 0.4) is 0 Å². The first-order chi connectivity index (χ1) is 9.11. The van der Waals surface area contributed by atoms with Gasteiger partial charge in [-0.1, -0.05) is 46.6 Å². The second-order valence-electron chi connectivity index (χ2n) is 4.45. The van der Waals surface area contributed by atoms with Crippen molar-refractivity contribution in [2.75, 3.05) is 6.54 Å². The third kappa shape index (κ3) is 3.59. The maximum absolute atomic E-state index is 6.24. The van der Waals surface area contributed by atoms with Crippen LogP contribution in [0.1, 0.15) is 24.2 Å². The van der Waals surface area contributed by atoms with E-state index < -0.39 is 0 Å². The van der Waals surface area contributed by atoms with E-state index in [1.165, 1.54) is 5.56 Å². The molecule has 1 heterocycles. The minimum Gasteiger partial charge on any atom is -0.309 e. The smallest absolute Gasteiger partial charge is 0.0834 e. The van der Waals surface area contributed by atoms with Crippen molar-refractivity contribution in [1.82, 2.24) is 15.1 Å². The summed E-state index contributed by atoms with van der Waals surface area (Å²) in [5, 5.41) is 8.40. The van der Waals surface area contributed by atoms with Gasteiger partial charge in [-0.3, -0.25) is 4.68 Å². The van der Waals surface area contributed by atoms with Crippen molar-refractivity contribution in [3.63, 3.8) is 0 Å². The monoisotopic (exact) mass is 341 g/mol. The molecule has 0 saturated carbocycles. The van der Waals surface area contributed by atoms with E-state index in [-0.39, 0.29) is 6.04 Å². The van der Waals surface area contributed by atoms with Crippen LogP contribution >= 0.6 is 27.5 Å². The van der Waals surface area contributed by atoms with E-state index in [4.69, 9.17) is 11.6 Å². The number of halogens is 2. The van der Waals surface area contributed by atoms with Crippen LogP contribution in [0.4, 0.5) is 0 Å². The Bertz CT molecular complexity index is 534. The van der Waals surface area contributed by atoms with Crippen LogP contribution in [-0.4, -0.2) is 16.3 Å². The second-order valence-corrected chi connectivity index (χ2v) is 5.77. The molecule has 2 rings (SSSR count). The molecule has 0 fully saturated rings. The van der Waals surface area contributed by atoms with Crippen LogP contribution in [0.15, 0.2) is 34.9 Å². The van der Waals surface area contributed by atoms with Gasteiger partial charge in [0.2, 0.25) is 0 Å². The molecule has 0 radical (unpaired) electrons. The predicted molar refractivity (Wildman–Crippen MR) is 82.5 cm³/mol. The van der Waals surface area contributed by atoms with Crippen LogP contribution in [0.5, 0.6) is 0 Å². The molecule has 0 aliphatic heterocycles. The molecule has 1 unspecified atom stereocenters. The van der Waals surface area contributed by atoms with Gasteiger partial charge >= 0.3 is 0 Å². The summed E-state index contributed by atoms with van der Waals surface area (Å²) < 4.78 is 2.93. The van der Waals surface area contributed by atoms with Gasteiger partial charge in [0.1, 0.15) is 0 Å². The van der Waals surface area contributed by atoms with Crippen LogP contribution in [-0.2, 0) is 13.5 Å². The lowest BCUT2D eigenvalue weighted by molar-refractivity contribution is 0.508. The third-order valence-corrected chi connectivity index (χ3v) is 3.83. The van der Waals surface area contributed by atoms with Gasteiger partial charge in [-0.15, -0.1) is 0 Å². The van der Waals surface area contributed by atoms with Crippen LogP contribution in [0, 0.1) is 0 Å². The molecule has 1 N–H and O–H groups in total. The third-order valence-electron chi connectivity index (χ3n) is 3.05. The molecule has 2 aromatic rings. The molecule has 0 spiro atoms. The van der Waals surface area contributed by atoms with Gasteiger partial charge in [-0.05, 0) is 30.7 Å². The maximum Gasteiger partial charge on any atom is 0.0834 e. The number of likely N-dealkylation sites (N-methyl/N-ethyl adjacent to an activating group) is 1. The van der Waals surface area contributed by atoms with E-state index in [0.29, 0.717) is 5.02 Å². The maximum atomic E-state index is 6.24. The largest absolute Gasteiger partial charge is 0.309 e. The molecule has 0 aliphatic carbocycles. The first kappa shape index (κ1) is 14.6. The fraction of sp³-hybridized carbons (Fsp3) is 0.357. The van der Waals surface area contributed by atoms with Crippen molar-refractivity contribution in [3.8, 4) is 0 Å². The van der Waals surface area contributed by atoms with Gasteiger partial charge in [0.25, 0.3) is 0 Å². The predicted octanol–water partition coefficient (Wildman–Crippen LogP) is 3.73. The van der Waals surface area contributed by atoms with Crippen LogP contribution in [0.25, 0.3) is 0 Å². The van der Waals surface area contributed by atoms with E-state index in [1.807, 2.05) is 23.9 Å². The Hall–Kier alpha value is -0.840. The molecule has 0 saturated heterocycles. The number of hydrogen-bond acceptors (Lipinski definition) is 2. The lowest BCUT2D eigenvalue weighted by Gasteiger charge is -2.19. The quantitative estimate of drug-likeness (QED) is 0.897. The standard InChI is InChI=1S/C14H17BrClN3/c1-3-17-13(14-12(16)9-18-19(14)2)8-10-5-4-6-11(15)7-10/h4-7,9,13,17H,3,8H2,1-2H3. The normalized spacial score (nSPS) is 12.6. The molecule has 3 nitrogen and oxygen atoms in total. The highest BCUT2D eigenvalue weighted by Crippen LogP contribution is 2.26. The fourth-order valence-corrected chi connectivity index (χ4v) is 2.97. The topological polar surface area (TPSA) is 29.9 Å². The summed E-state index contributed by atoms with van der Waals surface area (Å²) in [4.78, 5) is 0. The summed E-state index contributed by atoms with van der Waals surface area (Å²) in [5.41, 5.74) is 2.29. The number of benzene rings is 1. The lowest BCUT2D eigenvalue weighted by atomic mass is 10.0. The average molecular weight is 343 g/mol. The minimum atomic E-state index is 0.166. The number of nitrogens with one attached hydrogen (secondary N) is 1. The zero-order valence-corrected chi connectivity index (χ0v) is 13.4. The van der Waals surface area contributed by atoms with Crippen molar-refractivity contribution in [1.29, 1.82) is 0 Å². The number of aromatic nitrogens is 2. The van der Waals surface area contributed by atoms with Crippen molar-refractivity contribution in [2.24, 2.45) is 7.05 Å². The molecule has 5 heteroatoms. The Morgan fingerprint density at radius 2 is 2.26 bits per heavy atom. The van der Waals surface area contributed by atoms with Gasteiger partial charge in [0.05, 0.1) is 23.0 Å². The summed E-state index contributed by atoms with van der Waals surface area (Å²) in [5.74, 6) is 0. The molecule has 0 amide bonds. The van der Waals surface area contributed by atoms with E-state index in [1.54, 1.807) is 6.20 Å². The molecular formula is C14H17BrClN3. The highest BCUT2D eigenvalue weighted by molar-refractivity contribution is 9.10. The second kappa shape index (κ2) is 6.55. The first-order valence-corrected chi connectivity index (χ1v) is 7.44. The highest BCUT2D eigenvalue weighted by atomic mass is 79.9. The molecule has 19 heavy (non-hydrogen) atoms. The van der Waals surface area contributed by atoms with E-state index in [2.05, 4.69) is 45.4 Å². The zero-order chi connectivity index (χ0) is 13.8. The number of hydrogen-bond donors (Lipinski definition) is 1. The average Bonchev–Trinajstić information content (AvgIpc) is 2.69. The Morgan fingerprint density at radius 1 is 1.47 bits per heavy atom. The Labute approximate surface area is 127 Å². The molecule has 1 aromatic carbocycles. The van der Waals surface area contributed by atoms with Crippen molar-refractivity contribution < 1.29 is 0 Å². The summed E-state index contributed by atoms with van der Waals surface area (Å²) in [6.07, 6.45) is 2.58. The molecular weight excluding hydrogens is 326 g/mol. The van der Waals surface area contributed by atoms with Gasteiger partial charge in [0.15, 0.2) is 0 Å². The molecule has 0 bridgehead atoms. The summed E-state index contributed by atoms with van der Waals surface area (Å²) in [6.45, 7) is 2.98. The van der Waals surface area contributed by atoms with Crippen LogP contribution in [0.2, 0.25) is 5.02 Å². The van der Waals surface area contributed by atoms with Gasteiger partial charge in [0, 0.05) is 11.5 Å². The van der Waals surface area contributed by atoms with E-state index in [0.717, 1.165) is 23.1 Å². The fourth-order valence-electron chi connectivity index (χ4n) is 2.22. The number of rotatable bonds is 5. The first-order valence-electron chi connectivity index (χ1n) is 6.27. The van der Waals surface area contributed by atoms with Crippen molar-refractivity contribution in [2.45, 2.75) is 19.4 Å². The lowest BCUT2D eigenvalue weighted by Crippen LogP contribution is -2.25. The SMILES string of the molecule is CCNC(Cc1cccc(Br)c1)c1c(Cl)cnn1C. The Balaban J connectivity index is 2.26.